The number of rotatable bonds is 3. The Labute approximate surface area is 194 Å². The Morgan fingerprint density at radius 3 is 2.73 bits per heavy atom. The van der Waals surface area contributed by atoms with E-state index in [1.807, 2.05) is 6.07 Å². The van der Waals surface area contributed by atoms with Crippen LogP contribution >= 0.6 is 11.6 Å². The minimum Gasteiger partial charge on any atom is -0.366 e. The molecule has 3 aromatic rings. The van der Waals surface area contributed by atoms with E-state index in [-0.39, 0.29) is 45.7 Å². The molecule has 1 aliphatic rings. The standard InChI is InChI=1S/C24H21ClF2N4O2/c1-30(2)24(33)14-4-3-7-31(12-14)23-17(26)9-19-21(22(23)27)20(32)10-18(29-19)15-8-13(11-28)5-6-16(15)25/h5-6,8-10,14H,3-4,7,12H2,1-2H3,(H,29,32)/t14-/m0/s1. The van der Waals surface area contributed by atoms with Gasteiger partial charge in [0.05, 0.1) is 34.1 Å². The number of H-pyrrole nitrogens is 1. The summed E-state index contributed by atoms with van der Waals surface area (Å²) < 4.78 is 30.7. The first-order valence-corrected chi connectivity index (χ1v) is 10.8. The molecule has 6 nitrogen and oxygen atoms in total. The number of halogens is 3. The number of nitriles is 1. The molecular formula is C24H21ClF2N4O2. The molecule has 2 aromatic carbocycles. The Bertz CT molecular complexity index is 1360. The molecule has 1 atom stereocenters. The van der Waals surface area contributed by atoms with Crippen molar-refractivity contribution in [3.05, 3.63) is 62.8 Å². The van der Waals surface area contributed by atoms with E-state index in [9.17, 15) is 9.59 Å². The van der Waals surface area contributed by atoms with Gasteiger partial charge >= 0.3 is 0 Å². The van der Waals surface area contributed by atoms with Crippen LogP contribution in [0.25, 0.3) is 22.2 Å². The van der Waals surface area contributed by atoms with Gasteiger partial charge in [-0.2, -0.15) is 5.26 Å². The number of anilines is 1. The van der Waals surface area contributed by atoms with Crippen LogP contribution in [0.3, 0.4) is 0 Å². The summed E-state index contributed by atoms with van der Waals surface area (Å²) in [4.78, 5) is 31.1. The summed E-state index contributed by atoms with van der Waals surface area (Å²) in [6.07, 6.45) is 1.24. The van der Waals surface area contributed by atoms with Gasteiger partial charge in [-0.05, 0) is 31.0 Å². The van der Waals surface area contributed by atoms with Crippen LogP contribution in [0.4, 0.5) is 14.5 Å². The number of fused-ring (bicyclic) bond motifs is 1. The third kappa shape index (κ3) is 4.16. The van der Waals surface area contributed by atoms with Gasteiger partial charge < -0.3 is 14.8 Å². The van der Waals surface area contributed by atoms with Crippen molar-refractivity contribution in [2.24, 2.45) is 5.92 Å². The zero-order valence-electron chi connectivity index (χ0n) is 18.1. The van der Waals surface area contributed by atoms with Crippen LogP contribution in [0, 0.1) is 28.9 Å². The average Bonchev–Trinajstić information content (AvgIpc) is 2.78. The van der Waals surface area contributed by atoms with Crippen molar-refractivity contribution < 1.29 is 13.6 Å². The Morgan fingerprint density at radius 2 is 2.03 bits per heavy atom. The molecule has 1 N–H and O–H groups in total. The van der Waals surface area contributed by atoms with E-state index in [1.165, 1.54) is 34.1 Å². The number of nitrogens with one attached hydrogen (secondary N) is 1. The maximum absolute atomic E-state index is 15.5. The summed E-state index contributed by atoms with van der Waals surface area (Å²) in [7, 11) is 3.29. The van der Waals surface area contributed by atoms with Crippen LogP contribution < -0.4 is 10.3 Å². The van der Waals surface area contributed by atoms with Crippen molar-refractivity contribution >= 4 is 34.1 Å². The van der Waals surface area contributed by atoms with Crippen molar-refractivity contribution in [3.8, 4) is 17.3 Å². The van der Waals surface area contributed by atoms with Gasteiger partial charge in [0.1, 0.15) is 5.69 Å². The predicted molar refractivity (Wildman–Crippen MR) is 123 cm³/mol. The van der Waals surface area contributed by atoms with Gasteiger partial charge in [-0.25, -0.2) is 8.78 Å². The van der Waals surface area contributed by atoms with E-state index in [0.717, 1.165) is 6.07 Å². The first kappa shape index (κ1) is 22.7. The van der Waals surface area contributed by atoms with Crippen molar-refractivity contribution in [1.29, 1.82) is 5.26 Å². The van der Waals surface area contributed by atoms with Gasteiger partial charge in [-0.3, -0.25) is 9.59 Å². The van der Waals surface area contributed by atoms with Crippen LogP contribution in [0.5, 0.6) is 0 Å². The highest BCUT2D eigenvalue weighted by Gasteiger charge is 2.31. The molecule has 0 saturated carbocycles. The van der Waals surface area contributed by atoms with Gasteiger partial charge in [0.15, 0.2) is 17.1 Å². The van der Waals surface area contributed by atoms with Gasteiger partial charge in [-0.15, -0.1) is 0 Å². The first-order chi connectivity index (χ1) is 15.7. The van der Waals surface area contributed by atoms with E-state index in [2.05, 4.69) is 4.98 Å². The molecule has 0 bridgehead atoms. The lowest BCUT2D eigenvalue weighted by Crippen LogP contribution is -2.43. The largest absolute Gasteiger partial charge is 0.366 e. The minimum atomic E-state index is -0.965. The van der Waals surface area contributed by atoms with Crippen molar-refractivity contribution in [3.63, 3.8) is 0 Å². The molecule has 0 radical (unpaired) electrons. The van der Waals surface area contributed by atoms with E-state index >= 15 is 8.78 Å². The number of aromatic nitrogens is 1. The third-order valence-electron chi connectivity index (χ3n) is 5.90. The number of aromatic amines is 1. The fraction of sp³-hybridized carbons (Fsp3) is 0.292. The average molecular weight is 471 g/mol. The van der Waals surface area contributed by atoms with Crippen molar-refractivity contribution in [2.45, 2.75) is 12.8 Å². The highest BCUT2D eigenvalue weighted by molar-refractivity contribution is 6.33. The topological polar surface area (TPSA) is 80.2 Å². The van der Waals surface area contributed by atoms with Crippen LogP contribution in [0.1, 0.15) is 18.4 Å². The highest BCUT2D eigenvalue weighted by Crippen LogP contribution is 2.34. The zero-order valence-corrected chi connectivity index (χ0v) is 18.8. The molecule has 0 spiro atoms. The number of carbonyl (C=O) groups is 1. The van der Waals surface area contributed by atoms with Gasteiger partial charge in [0.25, 0.3) is 0 Å². The summed E-state index contributed by atoms with van der Waals surface area (Å²) in [5.74, 6) is -2.27. The predicted octanol–water partition coefficient (Wildman–Crippen LogP) is 4.30. The summed E-state index contributed by atoms with van der Waals surface area (Å²) >= 11 is 6.22. The Morgan fingerprint density at radius 1 is 1.27 bits per heavy atom. The number of carbonyl (C=O) groups excluding carboxylic acids is 1. The highest BCUT2D eigenvalue weighted by atomic mass is 35.5. The molecule has 9 heteroatoms. The van der Waals surface area contributed by atoms with Crippen LogP contribution in [0.15, 0.2) is 35.1 Å². The third-order valence-corrected chi connectivity index (χ3v) is 6.23. The minimum absolute atomic E-state index is 0.0207. The summed E-state index contributed by atoms with van der Waals surface area (Å²) in [5, 5.41) is 9.15. The van der Waals surface area contributed by atoms with Crippen molar-refractivity contribution in [1.82, 2.24) is 9.88 Å². The summed E-state index contributed by atoms with van der Waals surface area (Å²) in [6, 6.07) is 8.80. The second-order valence-corrected chi connectivity index (χ2v) is 8.72. The van der Waals surface area contributed by atoms with Crippen LogP contribution in [-0.2, 0) is 4.79 Å². The Balaban J connectivity index is 1.81. The number of hydrogen-bond acceptors (Lipinski definition) is 4. The molecule has 1 aromatic heterocycles. The van der Waals surface area contributed by atoms with Gasteiger partial charge in [0, 0.05) is 49.9 Å². The monoisotopic (exact) mass is 470 g/mol. The molecule has 1 fully saturated rings. The lowest BCUT2D eigenvalue weighted by molar-refractivity contribution is -0.133. The van der Waals surface area contributed by atoms with E-state index < -0.39 is 17.1 Å². The quantitative estimate of drug-likeness (QED) is 0.618. The van der Waals surface area contributed by atoms with Crippen molar-refractivity contribution in [2.75, 3.05) is 32.1 Å². The second-order valence-electron chi connectivity index (χ2n) is 8.32. The zero-order chi connectivity index (χ0) is 23.9. The molecule has 0 unspecified atom stereocenters. The van der Waals surface area contributed by atoms with Gasteiger partial charge in [0.2, 0.25) is 5.91 Å². The molecule has 4 rings (SSSR count). The smallest absolute Gasteiger partial charge is 0.226 e. The Kier molecular flexibility index (Phi) is 6.09. The lowest BCUT2D eigenvalue weighted by Gasteiger charge is -2.35. The SMILES string of the molecule is CN(C)C(=O)[C@H]1CCCN(c2c(F)cc3[nH]c(-c4cc(C#N)ccc4Cl)cc(=O)c3c2F)C1. The molecular weight excluding hydrogens is 450 g/mol. The molecule has 0 aliphatic carbocycles. The summed E-state index contributed by atoms with van der Waals surface area (Å²) in [6.45, 7) is 0.548. The van der Waals surface area contributed by atoms with Crippen LogP contribution in [-0.4, -0.2) is 43.0 Å². The molecule has 33 heavy (non-hydrogen) atoms. The molecule has 1 saturated heterocycles. The number of nitrogens with zero attached hydrogens (tertiary/aromatic N) is 3. The fourth-order valence-corrected chi connectivity index (χ4v) is 4.54. The number of pyridine rings is 1. The van der Waals surface area contributed by atoms with Gasteiger partial charge in [-0.1, -0.05) is 11.6 Å². The van der Waals surface area contributed by atoms with E-state index in [1.54, 1.807) is 14.1 Å². The molecule has 2 heterocycles. The number of amides is 1. The maximum atomic E-state index is 15.5. The van der Waals surface area contributed by atoms with E-state index in [0.29, 0.717) is 30.5 Å². The maximum Gasteiger partial charge on any atom is 0.226 e. The number of piperidine rings is 1. The first-order valence-electron chi connectivity index (χ1n) is 10.4. The number of benzene rings is 2. The van der Waals surface area contributed by atoms with E-state index in [4.69, 9.17) is 16.9 Å². The fourth-order valence-electron chi connectivity index (χ4n) is 4.32. The lowest BCUT2D eigenvalue weighted by atomic mass is 9.96. The Hall–Kier alpha value is -3.44. The summed E-state index contributed by atoms with van der Waals surface area (Å²) in [5.41, 5.74) is -0.0191. The molecule has 170 valence electrons. The normalized spacial score (nSPS) is 16.0. The number of hydrogen-bond donors (Lipinski definition) is 1. The molecule has 1 aliphatic heterocycles. The second kappa shape index (κ2) is 8.83. The van der Waals surface area contributed by atoms with Crippen LogP contribution in [0.2, 0.25) is 5.02 Å². The molecule has 1 amide bonds.